The second kappa shape index (κ2) is 4.78. The molecular weight excluding hydrogens is 212 g/mol. The number of primary amides is 1. The standard InChI is InChI=1S/C10H14N2O4/c1-3-16-10(15)8-5(2)12-9(14)6(8)4-7(11)13/h6H,3-4H2,1-2H3,(H2,11,13)(H,12,14)/t6-/m0/s1. The predicted molar refractivity (Wildman–Crippen MR) is 54.8 cm³/mol. The second-order valence-corrected chi connectivity index (χ2v) is 3.47. The normalized spacial score (nSPS) is 19.6. The maximum absolute atomic E-state index is 11.6. The summed E-state index contributed by atoms with van der Waals surface area (Å²) < 4.78 is 4.82. The summed E-state index contributed by atoms with van der Waals surface area (Å²) in [6, 6.07) is 0. The van der Waals surface area contributed by atoms with Crippen molar-refractivity contribution in [1.29, 1.82) is 0 Å². The van der Waals surface area contributed by atoms with Crippen LogP contribution < -0.4 is 11.1 Å². The second-order valence-electron chi connectivity index (χ2n) is 3.47. The van der Waals surface area contributed by atoms with Gasteiger partial charge in [0.05, 0.1) is 18.1 Å². The lowest BCUT2D eigenvalue weighted by molar-refractivity contribution is -0.140. The maximum atomic E-state index is 11.6. The molecule has 0 bridgehead atoms. The largest absolute Gasteiger partial charge is 0.463 e. The minimum atomic E-state index is -0.823. The zero-order chi connectivity index (χ0) is 12.3. The van der Waals surface area contributed by atoms with Crippen molar-refractivity contribution in [2.24, 2.45) is 11.7 Å². The number of nitrogens with one attached hydrogen (secondary N) is 1. The third-order valence-corrected chi connectivity index (χ3v) is 2.28. The molecule has 1 aliphatic rings. The number of esters is 1. The minimum absolute atomic E-state index is 0.183. The zero-order valence-corrected chi connectivity index (χ0v) is 9.20. The number of amides is 2. The van der Waals surface area contributed by atoms with Crippen molar-refractivity contribution >= 4 is 17.8 Å². The van der Waals surface area contributed by atoms with E-state index in [4.69, 9.17) is 10.5 Å². The van der Waals surface area contributed by atoms with Crippen LogP contribution in [0.3, 0.4) is 0 Å². The van der Waals surface area contributed by atoms with Crippen LogP contribution >= 0.6 is 0 Å². The number of hydrogen-bond donors (Lipinski definition) is 2. The lowest BCUT2D eigenvalue weighted by atomic mass is 9.96. The van der Waals surface area contributed by atoms with E-state index in [1.54, 1.807) is 13.8 Å². The number of carbonyl (C=O) groups excluding carboxylic acids is 3. The summed E-state index contributed by atoms with van der Waals surface area (Å²) in [6.07, 6.45) is -0.183. The predicted octanol–water partition coefficient (Wildman–Crippen LogP) is -0.555. The van der Waals surface area contributed by atoms with Gasteiger partial charge in [-0.25, -0.2) is 4.79 Å². The Balaban J connectivity index is 2.92. The molecule has 1 aliphatic heterocycles. The summed E-state index contributed by atoms with van der Waals surface area (Å²) in [5, 5.41) is 2.49. The first kappa shape index (κ1) is 12.2. The van der Waals surface area contributed by atoms with Crippen LogP contribution in [0.1, 0.15) is 20.3 Å². The molecule has 0 aliphatic carbocycles. The van der Waals surface area contributed by atoms with E-state index in [9.17, 15) is 14.4 Å². The fourth-order valence-corrected chi connectivity index (χ4v) is 1.63. The molecule has 0 unspecified atom stereocenters. The van der Waals surface area contributed by atoms with E-state index in [0.29, 0.717) is 5.70 Å². The van der Waals surface area contributed by atoms with Crippen LogP contribution in [0.5, 0.6) is 0 Å². The van der Waals surface area contributed by atoms with Crippen molar-refractivity contribution in [1.82, 2.24) is 5.32 Å². The van der Waals surface area contributed by atoms with Crippen LogP contribution in [-0.4, -0.2) is 24.4 Å². The summed E-state index contributed by atoms with van der Waals surface area (Å²) >= 11 is 0. The van der Waals surface area contributed by atoms with Crippen LogP contribution in [0.15, 0.2) is 11.3 Å². The van der Waals surface area contributed by atoms with E-state index in [1.165, 1.54) is 0 Å². The number of nitrogens with two attached hydrogens (primary N) is 1. The molecule has 0 spiro atoms. The molecule has 0 aromatic rings. The van der Waals surface area contributed by atoms with E-state index in [0.717, 1.165) is 0 Å². The Hall–Kier alpha value is -1.85. The molecule has 0 aromatic carbocycles. The van der Waals surface area contributed by atoms with Gasteiger partial charge in [-0.2, -0.15) is 0 Å². The number of rotatable bonds is 4. The molecule has 2 amide bonds. The van der Waals surface area contributed by atoms with E-state index in [2.05, 4.69) is 5.32 Å². The Labute approximate surface area is 92.8 Å². The molecule has 88 valence electrons. The van der Waals surface area contributed by atoms with Crippen molar-refractivity contribution < 1.29 is 19.1 Å². The highest BCUT2D eigenvalue weighted by Crippen LogP contribution is 2.25. The quantitative estimate of drug-likeness (QED) is 0.628. The molecule has 1 rings (SSSR count). The van der Waals surface area contributed by atoms with Crippen molar-refractivity contribution in [2.45, 2.75) is 20.3 Å². The minimum Gasteiger partial charge on any atom is -0.463 e. The monoisotopic (exact) mass is 226 g/mol. The summed E-state index contributed by atoms with van der Waals surface area (Å²) in [5.41, 5.74) is 5.65. The summed E-state index contributed by atoms with van der Waals surface area (Å²) in [4.78, 5) is 33.8. The Bertz CT molecular complexity index is 373. The third kappa shape index (κ3) is 2.39. The van der Waals surface area contributed by atoms with Crippen molar-refractivity contribution in [3.8, 4) is 0 Å². The van der Waals surface area contributed by atoms with Crippen LogP contribution in [-0.2, 0) is 19.1 Å². The van der Waals surface area contributed by atoms with Gasteiger partial charge in [-0.05, 0) is 13.8 Å². The van der Waals surface area contributed by atoms with Crippen LogP contribution in [0.4, 0.5) is 0 Å². The first-order chi connectivity index (χ1) is 7.47. The molecule has 16 heavy (non-hydrogen) atoms. The molecule has 1 atom stereocenters. The molecule has 0 radical (unpaired) electrons. The van der Waals surface area contributed by atoms with Crippen molar-refractivity contribution in [3.63, 3.8) is 0 Å². The van der Waals surface area contributed by atoms with Gasteiger partial charge in [-0.3, -0.25) is 9.59 Å². The Morgan fingerprint density at radius 2 is 2.12 bits per heavy atom. The summed E-state index contributed by atoms with van der Waals surface area (Å²) in [5.74, 6) is -2.42. The molecule has 0 fully saturated rings. The average molecular weight is 226 g/mol. The molecule has 1 heterocycles. The molecule has 0 saturated heterocycles. The van der Waals surface area contributed by atoms with Crippen LogP contribution in [0, 0.1) is 5.92 Å². The van der Waals surface area contributed by atoms with Gasteiger partial charge in [0.1, 0.15) is 0 Å². The highest BCUT2D eigenvalue weighted by atomic mass is 16.5. The van der Waals surface area contributed by atoms with E-state index in [-0.39, 0.29) is 24.5 Å². The molecule has 6 heteroatoms. The van der Waals surface area contributed by atoms with Crippen molar-refractivity contribution in [2.75, 3.05) is 6.61 Å². The van der Waals surface area contributed by atoms with Gasteiger partial charge in [0.25, 0.3) is 0 Å². The van der Waals surface area contributed by atoms with E-state index >= 15 is 0 Å². The van der Waals surface area contributed by atoms with Crippen LogP contribution in [0.2, 0.25) is 0 Å². The van der Waals surface area contributed by atoms with Gasteiger partial charge in [0.15, 0.2) is 0 Å². The molecule has 0 aromatic heterocycles. The lowest BCUT2D eigenvalue weighted by Gasteiger charge is -2.09. The highest BCUT2D eigenvalue weighted by molar-refractivity contribution is 6.03. The number of ether oxygens (including phenoxy) is 1. The Morgan fingerprint density at radius 1 is 1.50 bits per heavy atom. The third-order valence-electron chi connectivity index (χ3n) is 2.28. The Morgan fingerprint density at radius 3 is 2.62 bits per heavy atom. The smallest absolute Gasteiger partial charge is 0.336 e. The first-order valence-electron chi connectivity index (χ1n) is 4.94. The van der Waals surface area contributed by atoms with E-state index < -0.39 is 17.8 Å². The fraction of sp³-hybridized carbons (Fsp3) is 0.500. The van der Waals surface area contributed by atoms with Gasteiger partial charge in [0, 0.05) is 12.1 Å². The number of hydrogen-bond acceptors (Lipinski definition) is 4. The van der Waals surface area contributed by atoms with Gasteiger partial charge in [-0.15, -0.1) is 0 Å². The fourth-order valence-electron chi connectivity index (χ4n) is 1.63. The summed E-state index contributed by atoms with van der Waals surface area (Å²) in [7, 11) is 0. The van der Waals surface area contributed by atoms with E-state index in [1.807, 2.05) is 0 Å². The SMILES string of the molecule is CCOC(=O)C1=C(C)NC(=O)[C@H]1CC(N)=O. The molecule has 3 N–H and O–H groups in total. The maximum Gasteiger partial charge on any atom is 0.336 e. The number of carbonyl (C=O) groups is 3. The average Bonchev–Trinajstić information content (AvgIpc) is 2.41. The van der Waals surface area contributed by atoms with Gasteiger partial charge in [0.2, 0.25) is 11.8 Å². The topological polar surface area (TPSA) is 98.5 Å². The first-order valence-corrected chi connectivity index (χ1v) is 4.94. The van der Waals surface area contributed by atoms with Crippen LogP contribution in [0.25, 0.3) is 0 Å². The lowest BCUT2D eigenvalue weighted by Crippen LogP contribution is -2.27. The van der Waals surface area contributed by atoms with Gasteiger partial charge in [-0.1, -0.05) is 0 Å². The molecule has 6 nitrogen and oxygen atoms in total. The zero-order valence-electron chi connectivity index (χ0n) is 9.20. The van der Waals surface area contributed by atoms with Gasteiger partial charge >= 0.3 is 5.97 Å². The summed E-state index contributed by atoms with van der Waals surface area (Å²) in [6.45, 7) is 3.47. The number of allylic oxidation sites excluding steroid dienone is 1. The molecule has 0 saturated carbocycles. The van der Waals surface area contributed by atoms with Crippen molar-refractivity contribution in [3.05, 3.63) is 11.3 Å². The highest BCUT2D eigenvalue weighted by Gasteiger charge is 2.37. The van der Waals surface area contributed by atoms with Gasteiger partial charge < -0.3 is 15.8 Å². The molecular formula is C10H14N2O4. The Kier molecular flexibility index (Phi) is 3.65.